The van der Waals surface area contributed by atoms with Crippen molar-refractivity contribution in [2.45, 2.75) is 92.1 Å². The van der Waals surface area contributed by atoms with E-state index in [2.05, 4.69) is 0 Å². The van der Waals surface area contributed by atoms with Crippen LogP contribution in [-0.2, 0) is 18.9 Å². The Hall–Kier alpha value is -3.75. The van der Waals surface area contributed by atoms with Crippen molar-refractivity contribution < 1.29 is 99.2 Å². The molecule has 3 fully saturated rings. The SMILES string of the molecule is O=c1c(O[C@@H]2O[C@H](CO)[C@H](O[C@H]3O[C@H](CO)[C@@H](O)[C@H](O)[C@H]3O)[C@H](O)[C@H]2O)c(-c2ccc(O)cc2)oc2cc(O[C@H]3O[C@H](CO)[C@H](O)[C@@H](O)[C@H]3O)cc(O)c12. The van der Waals surface area contributed by atoms with Crippen molar-refractivity contribution in [3.05, 3.63) is 46.6 Å². The van der Waals surface area contributed by atoms with Gasteiger partial charge in [-0.05, 0) is 24.3 Å². The summed E-state index contributed by atoms with van der Waals surface area (Å²) in [5.41, 5.74) is -1.32. The van der Waals surface area contributed by atoms with Gasteiger partial charge >= 0.3 is 0 Å². The third kappa shape index (κ3) is 7.45. The van der Waals surface area contributed by atoms with E-state index in [0.717, 1.165) is 12.1 Å². The highest BCUT2D eigenvalue weighted by Gasteiger charge is 2.51. The maximum absolute atomic E-state index is 14.0. The Labute approximate surface area is 303 Å². The zero-order valence-corrected chi connectivity index (χ0v) is 27.8. The molecule has 2 aromatic carbocycles. The largest absolute Gasteiger partial charge is 0.508 e. The molecule has 0 bridgehead atoms. The first-order valence-corrected chi connectivity index (χ1v) is 16.5. The fraction of sp³-hybridized carbons (Fsp3) is 0.545. The molecule has 6 rings (SSSR count). The van der Waals surface area contributed by atoms with Crippen LogP contribution in [0.4, 0.5) is 0 Å². The van der Waals surface area contributed by atoms with Gasteiger partial charge in [-0.1, -0.05) is 0 Å². The first kappa shape index (κ1) is 39.9. The van der Waals surface area contributed by atoms with Gasteiger partial charge in [-0.2, -0.15) is 0 Å². The summed E-state index contributed by atoms with van der Waals surface area (Å²) in [5.74, 6) is -2.30. The first-order valence-electron chi connectivity index (χ1n) is 16.5. The predicted molar refractivity (Wildman–Crippen MR) is 173 cm³/mol. The van der Waals surface area contributed by atoms with Crippen LogP contribution in [0.5, 0.6) is 23.0 Å². The van der Waals surface area contributed by atoms with E-state index in [-0.39, 0.29) is 28.4 Å². The minimum atomic E-state index is -2.08. The molecule has 54 heavy (non-hydrogen) atoms. The number of hydrogen-bond donors (Lipinski definition) is 13. The lowest BCUT2D eigenvalue weighted by molar-refractivity contribution is -0.352. The van der Waals surface area contributed by atoms with Crippen molar-refractivity contribution in [2.75, 3.05) is 19.8 Å². The maximum atomic E-state index is 14.0. The number of fused-ring (bicyclic) bond motifs is 1. The van der Waals surface area contributed by atoms with E-state index >= 15 is 0 Å². The Morgan fingerprint density at radius 2 is 1.11 bits per heavy atom. The van der Waals surface area contributed by atoms with E-state index in [9.17, 15) is 71.2 Å². The molecule has 0 saturated carbocycles. The van der Waals surface area contributed by atoms with Gasteiger partial charge in [0.25, 0.3) is 0 Å². The molecule has 0 spiro atoms. The Balaban J connectivity index is 1.32. The number of aliphatic hydroxyl groups is 11. The van der Waals surface area contributed by atoms with E-state index < -0.39 is 134 Å². The van der Waals surface area contributed by atoms with Crippen LogP contribution in [0.2, 0.25) is 0 Å². The predicted octanol–water partition coefficient (Wildman–Crippen LogP) is -4.95. The zero-order chi connectivity index (χ0) is 39.2. The van der Waals surface area contributed by atoms with Crippen LogP contribution < -0.4 is 14.9 Å². The van der Waals surface area contributed by atoms with Crippen LogP contribution in [0.3, 0.4) is 0 Å². The Bertz CT molecular complexity index is 1800. The quantitative estimate of drug-likeness (QED) is 0.0918. The van der Waals surface area contributed by atoms with Crippen LogP contribution >= 0.6 is 0 Å². The van der Waals surface area contributed by atoms with Crippen molar-refractivity contribution in [1.82, 2.24) is 0 Å². The highest BCUT2D eigenvalue weighted by molar-refractivity contribution is 5.88. The molecule has 13 N–H and O–H groups in total. The molecule has 0 aliphatic carbocycles. The van der Waals surface area contributed by atoms with Gasteiger partial charge in [-0.25, -0.2) is 0 Å². The molecule has 3 aliphatic heterocycles. The van der Waals surface area contributed by atoms with Crippen molar-refractivity contribution in [1.29, 1.82) is 0 Å². The van der Waals surface area contributed by atoms with Gasteiger partial charge in [0.05, 0.1) is 19.8 Å². The number of aromatic hydroxyl groups is 2. The van der Waals surface area contributed by atoms with Crippen molar-refractivity contribution >= 4 is 11.0 Å². The molecule has 4 heterocycles. The number of hydrogen-bond acceptors (Lipinski definition) is 21. The standard InChI is InChI=1S/C33H40O21/c34-7-15-19(39)22(42)25(45)31(50-15)48-12-5-13(38)18-14(6-12)49-28(10-1-3-11(37)4-2-10)30(21(18)41)54-33-27(47)24(44)29(17(9-36)52-33)53-32-26(46)23(43)20(40)16(8-35)51-32/h1-6,15-17,19-20,22-27,29,31-40,42-47H,7-9H2/t15-,16-,17-,19+,20-,22-,23+,24-,25-,26-,27-,29+,31+,32-,33+/m1/s1. The third-order valence-electron chi connectivity index (χ3n) is 9.33. The smallest absolute Gasteiger partial charge is 0.239 e. The molecule has 3 saturated heterocycles. The lowest BCUT2D eigenvalue weighted by atomic mass is 9.97. The Morgan fingerprint density at radius 1 is 0.593 bits per heavy atom. The van der Waals surface area contributed by atoms with Crippen molar-refractivity contribution in [3.63, 3.8) is 0 Å². The number of phenols is 2. The topological polar surface area (TPSA) is 349 Å². The minimum absolute atomic E-state index is 0.0925. The highest BCUT2D eigenvalue weighted by atomic mass is 16.7. The summed E-state index contributed by atoms with van der Waals surface area (Å²) in [7, 11) is 0. The summed E-state index contributed by atoms with van der Waals surface area (Å²) >= 11 is 0. The summed E-state index contributed by atoms with van der Waals surface area (Å²) < 4.78 is 39.2. The first-order chi connectivity index (χ1) is 25.7. The molecular weight excluding hydrogens is 732 g/mol. The molecule has 1 aromatic heterocycles. The average molecular weight is 773 g/mol. The Morgan fingerprint density at radius 3 is 1.70 bits per heavy atom. The molecule has 21 heteroatoms. The minimum Gasteiger partial charge on any atom is -0.508 e. The van der Waals surface area contributed by atoms with Gasteiger partial charge in [0.1, 0.15) is 101 Å². The molecule has 3 aliphatic rings. The lowest BCUT2D eigenvalue weighted by Gasteiger charge is -2.45. The van der Waals surface area contributed by atoms with Gasteiger partial charge < -0.3 is 99.2 Å². The number of benzene rings is 2. The fourth-order valence-electron chi connectivity index (χ4n) is 6.30. The van der Waals surface area contributed by atoms with Crippen LogP contribution in [0.25, 0.3) is 22.3 Å². The van der Waals surface area contributed by atoms with Crippen molar-refractivity contribution in [3.8, 4) is 34.3 Å². The number of phenolic OH excluding ortho intramolecular Hbond substituents is 2. The van der Waals surface area contributed by atoms with Gasteiger partial charge in [-0.15, -0.1) is 0 Å². The van der Waals surface area contributed by atoms with E-state index in [1.54, 1.807) is 0 Å². The molecule has 298 valence electrons. The van der Waals surface area contributed by atoms with Gasteiger partial charge in [0, 0.05) is 17.7 Å². The van der Waals surface area contributed by atoms with E-state index in [1.807, 2.05) is 0 Å². The third-order valence-corrected chi connectivity index (χ3v) is 9.33. The monoisotopic (exact) mass is 772 g/mol. The van der Waals surface area contributed by atoms with Gasteiger partial charge in [-0.3, -0.25) is 4.79 Å². The summed E-state index contributed by atoms with van der Waals surface area (Å²) in [4.78, 5) is 14.0. The molecule has 3 aromatic rings. The summed E-state index contributed by atoms with van der Waals surface area (Å²) in [6.07, 6.45) is -26.3. The van der Waals surface area contributed by atoms with Crippen LogP contribution in [0.1, 0.15) is 0 Å². The molecule has 15 atom stereocenters. The molecule has 21 nitrogen and oxygen atoms in total. The van der Waals surface area contributed by atoms with E-state index in [4.69, 9.17) is 32.8 Å². The normalized spacial score (nSPS) is 37.3. The lowest BCUT2D eigenvalue weighted by Crippen LogP contribution is -2.65. The van der Waals surface area contributed by atoms with Crippen LogP contribution in [-0.4, -0.2) is 178 Å². The second-order valence-corrected chi connectivity index (χ2v) is 12.9. The summed E-state index contributed by atoms with van der Waals surface area (Å²) in [5, 5.41) is 133. The molecule has 0 unspecified atom stereocenters. The van der Waals surface area contributed by atoms with Crippen molar-refractivity contribution in [2.24, 2.45) is 0 Å². The van der Waals surface area contributed by atoms with E-state index in [1.165, 1.54) is 24.3 Å². The summed E-state index contributed by atoms with van der Waals surface area (Å²) in [6, 6.07) is 7.12. The highest BCUT2D eigenvalue weighted by Crippen LogP contribution is 2.39. The zero-order valence-electron chi connectivity index (χ0n) is 27.8. The average Bonchev–Trinajstić information content (AvgIpc) is 3.15. The number of rotatable bonds is 10. The molecule has 0 amide bonds. The van der Waals surface area contributed by atoms with Gasteiger partial charge in [0.15, 0.2) is 12.1 Å². The maximum Gasteiger partial charge on any atom is 0.239 e. The second-order valence-electron chi connectivity index (χ2n) is 12.9. The van der Waals surface area contributed by atoms with E-state index in [0.29, 0.717) is 0 Å². The fourth-order valence-corrected chi connectivity index (χ4v) is 6.30. The number of ether oxygens (including phenoxy) is 6. The van der Waals surface area contributed by atoms with Crippen LogP contribution in [0.15, 0.2) is 45.6 Å². The Kier molecular flexibility index (Phi) is 11.9. The summed E-state index contributed by atoms with van der Waals surface area (Å²) in [6.45, 7) is -2.46. The molecular formula is C33H40O21. The number of aliphatic hydroxyl groups excluding tert-OH is 11. The second kappa shape index (κ2) is 16.2. The molecule has 0 radical (unpaired) electrons. The van der Waals surface area contributed by atoms with Crippen LogP contribution in [0, 0.1) is 0 Å². The van der Waals surface area contributed by atoms with Gasteiger partial charge in [0.2, 0.25) is 23.8 Å².